The van der Waals surface area contributed by atoms with Crippen LogP contribution in [-0.4, -0.2) is 53.2 Å². The molecule has 3 heterocycles. The van der Waals surface area contributed by atoms with Crippen molar-refractivity contribution in [2.24, 2.45) is 0 Å². The Morgan fingerprint density at radius 3 is 2.43 bits per heavy atom. The van der Waals surface area contributed by atoms with Gasteiger partial charge in [-0.05, 0) is 18.2 Å². The summed E-state index contributed by atoms with van der Waals surface area (Å²) in [5, 5.41) is 3.29. The minimum absolute atomic E-state index is 0.604. The fourth-order valence-corrected chi connectivity index (χ4v) is 3.22. The van der Waals surface area contributed by atoms with Gasteiger partial charge < -0.3 is 19.9 Å². The normalized spacial score (nSPS) is 14.0. The van der Waals surface area contributed by atoms with Crippen molar-refractivity contribution >= 4 is 17.7 Å². The van der Waals surface area contributed by atoms with E-state index in [1.165, 1.54) is 0 Å². The molecule has 1 saturated heterocycles. The van der Waals surface area contributed by atoms with E-state index in [4.69, 9.17) is 4.74 Å². The number of hydrogen-bond donors (Lipinski definition) is 1. The van der Waals surface area contributed by atoms with E-state index >= 15 is 0 Å². The highest BCUT2D eigenvalue weighted by Gasteiger charge is 2.20. The van der Waals surface area contributed by atoms with E-state index in [1.807, 2.05) is 36.4 Å². The first-order valence-electron chi connectivity index (χ1n) is 9.29. The minimum Gasteiger partial charge on any atom is -0.496 e. The van der Waals surface area contributed by atoms with Crippen molar-refractivity contribution in [2.45, 2.75) is 6.54 Å². The summed E-state index contributed by atoms with van der Waals surface area (Å²) in [7, 11) is 1.68. The summed E-state index contributed by atoms with van der Waals surface area (Å²) < 4.78 is 5.40. The highest BCUT2D eigenvalue weighted by atomic mass is 16.5. The lowest BCUT2D eigenvalue weighted by Gasteiger charge is -2.35. The fraction of sp³-hybridized carbons (Fsp3) is 0.300. The summed E-state index contributed by atoms with van der Waals surface area (Å²) >= 11 is 0. The third-order valence-electron chi connectivity index (χ3n) is 4.71. The van der Waals surface area contributed by atoms with Crippen LogP contribution in [0.25, 0.3) is 0 Å². The first-order chi connectivity index (χ1) is 13.8. The van der Waals surface area contributed by atoms with Crippen molar-refractivity contribution in [1.29, 1.82) is 0 Å². The maximum atomic E-state index is 5.40. The van der Waals surface area contributed by atoms with E-state index in [2.05, 4.69) is 35.1 Å². The third-order valence-corrected chi connectivity index (χ3v) is 4.71. The van der Waals surface area contributed by atoms with Crippen molar-refractivity contribution in [3.8, 4) is 5.75 Å². The molecule has 3 aromatic rings. The molecule has 1 aromatic carbocycles. The lowest BCUT2D eigenvalue weighted by atomic mass is 10.2. The van der Waals surface area contributed by atoms with Crippen LogP contribution >= 0.6 is 0 Å². The average molecular weight is 377 g/mol. The summed E-state index contributed by atoms with van der Waals surface area (Å²) in [4.78, 5) is 22.1. The molecule has 0 spiro atoms. The summed E-state index contributed by atoms with van der Waals surface area (Å²) in [6.45, 7) is 4.05. The fourth-order valence-electron chi connectivity index (χ4n) is 3.22. The molecule has 144 valence electrons. The summed E-state index contributed by atoms with van der Waals surface area (Å²) in [6, 6.07) is 11.7. The van der Waals surface area contributed by atoms with E-state index in [1.54, 1.807) is 25.7 Å². The van der Waals surface area contributed by atoms with E-state index in [0.29, 0.717) is 12.5 Å². The molecular weight excluding hydrogens is 354 g/mol. The van der Waals surface area contributed by atoms with E-state index in [-0.39, 0.29) is 0 Å². The summed E-state index contributed by atoms with van der Waals surface area (Å²) in [5.74, 6) is 3.16. The quantitative estimate of drug-likeness (QED) is 0.700. The van der Waals surface area contributed by atoms with Crippen LogP contribution in [0.3, 0.4) is 0 Å². The van der Waals surface area contributed by atoms with Gasteiger partial charge in [0.1, 0.15) is 11.6 Å². The largest absolute Gasteiger partial charge is 0.496 e. The van der Waals surface area contributed by atoms with Crippen LogP contribution in [0.4, 0.5) is 17.7 Å². The lowest BCUT2D eigenvalue weighted by Crippen LogP contribution is -2.47. The van der Waals surface area contributed by atoms with Gasteiger partial charge in [0.15, 0.2) is 0 Å². The molecule has 2 aromatic heterocycles. The van der Waals surface area contributed by atoms with Crippen LogP contribution in [0, 0.1) is 0 Å². The Bertz CT molecular complexity index is 898. The van der Waals surface area contributed by atoms with Gasteiger partial charge in [0, 0.05) is 56.9 Å². The van der Waals surface area contributed by atoms with Gasteiger partial charge in [-0.3, -0.25) is 0 Å². The van der Waals surface area contributed by atoms with Crippen LogP contribution in [0.5, 0.6) is 5.75 Å². The molecule has 8 heteroatoms. The van der Waals surface area contributed by atoms with Crippen LogP contribution in [0.1, 0.15) is 5.56 Å². The zero-order valence-corrected chi connectivity index (χ0v) is 15.8. The molecule has 0 saturated carbocycles. The van der Waals surface area contributed by atoms with Crippen LogP contribution in [0.15, 0.2) is 55.0 Å². The molecular formula is C20H23N7O. The Morgan fingerprint density at radius 1 is 0.893 bits per heavy atom. The van der Waals surface area contributed by atoms with Gasteiger partial charge in [0.25, 0.3) is 0 Å². The monoisotopic (exact) mass is 377 g/mol. The Balaban J connectivity index is 1.38. The molecule has 8 nitrogen and oxygen atoms in total. The molecule has 0 bridgehead atoms. The number of anilines is 3. The highest BCUT2D eigenvalue weighted by Crippen LogP contribution is 2.20. The zero-order valence-electron chi connectivity index (χ0n) is 15.8. The zero-order chi connectivity index (χ0) is 19.2. The number of aromatic nitrogens is 4. The number of nitrogens with one attached hydrogen (secondary N) is 1. The number of para-hydroxylation sites is 1. The number of ether oxygens (including phenoxy) is 1. The first kappa shape index (κ1) is 18.0. The van der Waals surface area contributed by atoms with Crippen molar-refractivity contribution in [3.63, 3.8) is 0 Å². The Kier molecular flexibility index (Phi) is 5.46. The molecule has 1 aliphatic rings. The molecule has 0 amide bonds. The van der Waals surface area contributed by atoms with Crippen molar-refractivity contribution in [1.82, 2.24) is 19.9 Å². The Morgan fingerprint density at radius 2 is 1.64 bits per heavy atom. The minimum atomic E-state index is 0.604. The molecule has 0 unspecified atom stereocenters. The molecule has 28 heavy (non-hydrogen) atoms. The summed E-state index contributed by atoms with van der Waals surface area (Å²) in [5.41, 5.74) is 1.07. The van der Waals surface area contributed by atoms with E-state index in [0.717, 1.165) is 49.3 Å². The van der Waals surface area contributed by atoms with Gasteiger partial charge in [0.2, 0.25) is 11.9 Å². The summed E-state index contributed by atoms with van der Waals surface area (Å²) in [6.07, 6.45) is 5.34. The topological polar surface area (TPSA) is 79.3 Å². The second-order valence-electron chi connectivity index (χ2n) is 6.43. The predicted molar refractivity (Wildman–Crippen MR) is 109 cm³/mol. The number of piperazine rings is 1. The third kappa shape index (κ3) is 4.11. The van der Waals surface area contributed by atoms with E-state index < -0.39 is 0 Å². The number of rotatable bonds is 6. The van der Waals surface area contributed by atoms with Crippen LogP contribution in [0.2, 0.25) is 0 Å². The molecule has 1 aliphatic heterocycles. The highest BCUT2D eigenvalue weighted by molar-refractivity contribution is 5.45. The van der Waals surface area contributed by atoms with Crippen LogP contribution < -0.4 is 19.9 Å². The average Bonchev–Trinajstić information content (AvgIpc) is 2.79. The second-order valence-corrected chi connectivity index (χ2v) is 6.43. The molecule has 0 radical (unpaired) electrons. The second kappa shape index (κ2) is 8.51. The molecule has 1 fully saturated rings. The lowest BCUT2D eigenvalue weighted by molar-refractivity contribution is 0.410. The van der Waals surface area contributed by atoms with Crippen LogP contribution in [-0.2, 0) is 6.54 Å². The number of nitrogens with zero attached hydrogens (tertiary/aromatic N) is 6. The van der Waals surface area contributed by atoms with Gasteiger partial charge in [0.05, 0.1) is 7.11 Å². The van der Waals surface area contributed by atoms with Gasteiger partial charge in [-0.15, -0.1) is 0 Å². The molecule has 0 atom stereocenters. The van der Waals surface area contributed by atoms with Gasteiger partial charge >= 0.3 is 0 Å². The number of benzene rings is 1. The Labute approximate surface area is 164 Å². The number of hydrogen-bond acceptors (Lipinski definition) is 8. The molecule has 4 rings (SSSR count). The maximum absolute atomic E-state index is 5.40. The molecule has 1 N–H and O–H groups in total. The van der Waals surface area contributed by atoms with Gasteiger partial charge in [-0.2, -0.15) is 4.98 Å². The maximum Gasteiger partial charge on any atom is 0.225 e. The smallest absolute Gasteiger partial charge is 0.225 e. The van der Waals surface area contributed by atoms with Gasteiger partial charge in [-0.25, -0.2) is 15.0 Å². The number of methoxy groups -OCH3 is 1. The first-order valence-corrected chi connectivity index (χ1v) is 9.29. The standard InChI is InChI=1S/C20H23N7O/c1-28-17-6-3-2-5-16(17)15-24-19-21-10-7-18(25-19)26-11-13-27(14-12-26)20-22-8-4-9-23-20/h2-10H,11-15H2,1H3,(H,21,24,25). The van der Waals surface area contributed by atoms with Crippen molar-refractivity contribution in [3.05, 3.63) is 60.6 Å². The molecule has 0 aliphatic carbocycles. The van der Waals surface area contributed by atoms with Gasteiger partial charge in [-0.1, -0.05) is 18.2 Å². The predicted octanol–water partition coefficient (Wildman–Crippen LogP) is 2.21. The SMILES string of the molecule is COc1ccccc1CNc1nccc(N2CCN(c3ncccn3)CC2)n1. The van der Waals surface area contributed by atoms with Crippen molar-refractivity contribution < 1.29 is 4.74 Å². The van der Waals surface area contributed by atoms with E-state index in [9.17, 15) is 0 Å². The Hall–Kier alpha value is -3.42. The van der Waals surface area contributed by atoms with Crippen molar-refractivity contribution in [2.75, 3.05) is 48.4 Å².